The van der Waals surface area contributed by atoms with E-state index < -0.39 is 5.41 Å². The van der Waals surface area contributed by atoms with Crippen molar-refractivity contribution in [1.82, 2.24) is 5.32 Å². The number of benzene rings is 3. The molecule has 0 aromatic heterocycles. The lowest BCUT2D eigenvalue weighted by molar-refractivity contribution is -0.128. The third-order valence-electron chi connectivity index (χ3n) is 5.17. The van der Waals surface area contributed by atoms with Gasteiger partial charge in [-0.25, -0.2) is 4.79 Å². The number of para-hydroxylation sites is 1. The SMILES string of the molecule is Cc1cccc(NC(=O)N(CCCNC(=O)C(C)(C)C)c2ccc(Oc3ccccc3)cc2)c1. The van der Waals surface area contributed by atoms with Crippen LogP contribution in [-0.4, -0.2) is 25.0 Å². The van der Waals surface area contributed by atoms with Crippen LogP contribution in [0.25, 0.3) is 0 Å². The molecule has 0 aliphatic rings. The molecule has 6 nitrogen and oxygen atoms in total. The number of rotatable bonds is 8. The van der Waals surface area contributed by atoms with Gasteiger partial charge in [-0.2, -0.15) is 0 Å². The van der Waals surface area contributed by atoms with Crippen LogP contribution in [0.3, 0.4) is 0 Å². The highest BCUT2D eigenvalue weighted by molar-refractivity contribution is 6.01. The molecule has 3 aromatic rings. The van der Waals surface area contributed by atoms with E-state index >= 15 is 0 Å². The second kappa shape index (κ2) is 11.4. The monoisotopic (exact) mass is 459 g/mol. The minimum atomic E-state index is -0.448. The fourth-order valence-electron chi connectivity index (χ4n) is 3.28. The van der Waals surface area contributed by atoms with Gasteiger partial charge in [-0.15, -0.1) is 0 Å². The Balaban J connectivity index is 1.70. The van der Waals surface area contributed by atoms with Crippen molar-refractivity contribution in [3.05, 3.63) is 84.4 Å². The van der Waals surface area contributed by atoms with Gasteiger partial charge in [0.15, 0.2) is 0 Å². The maximum absolute atomic E-state index is 13.2. The largest absolute Gasteiger partial charge is 0.457 e. The number of carbonyl (C=O) groups is 2. The smallest absolute Gasteiger partial charge is 0.326 e. The second-order valence-electron chi connectivity index (χ2n) is 9.22. The maximum Gasteiger partial charge on any atom is 0.326 e. The van der Waals surface area contributed by atoms with Gasteiger partial charge in [-0.05, 0) is 67.4 Å². The molecule has 0 bridgehead atoms. The van der Waals surface area contributed by atoms with Crippen molar-refractivity contribution in [1.29, 1.82) is 0 Å². The summed E-state index contributed by atoms with van der Waals surface area (Å²) in [7, 11) is 0. The molecule has 0 atom stereocenters. The average Bonchev–Trinajstić information content (AvgIpc) is 2.79. The predicted octanol–water partition coefficient (Wildman–Crippen LogP) is 6.38. The Kier molecular flexibility index (Phi) is 8.30. The minimum Gasteiger partial charge on any atom is -0.457 e. The summed E-state index contributed by atoms with van der Waals surface area (Å²) in [6, 6.07) is 24.4. The van der Waals surface area contributed by atoms with Crippen molar-refractivity contribution < 1.29 is 14.3 Å². The summed E-state index contributed by atoms with van der Waals surface area (Å²) in [4.78, 5) is 27.0. The molecule has 0 heterocycles. The summed E-state index contributed by atoms with van der Waals surface area (Å²) >= 11 is 0. The van der Waals surface area contributed by atoms with Crippen LogP contribution < -0.4 is 20.3 Å². The molecule has 178 valence electrons. The molecule has 0 unspecified atom stereocenters. The maximum atomic E-state index is 13.2. The van der Waals surface area contributed by atoms with E-state index in [-0.39, 0.29) is 11.9 Å². The Bertz CT molecular complexity index is 1090. The van der Waals surface area contributed by atoms with Crippen LogP contribution in [-0.2, 0) is 4.79 Å². The Morgan fingerprint density at radius 1 is 0.882 bits per heavy atom. The highest BCUT2D eigenvalue weighted by Gasteiger charge is 2.21. The number of nitrogens with zero attached hydrogens (tertiary/aromatic N) is 1. The standard InChI is InChI=1S/C28H33N3O3/c1-21-10-8-11-22(20-21)30-27(33)31(19-9-18-29-26(32)28(2,3)4)23-14-16-25(17-15-23)34-24-12-6-5-7-13-24/h5-8,10-17,20H,9,18-19H2,1-4H3,(H,29,32)(H,30,33). The van der Waals surface area contributed by atoms with Gasteiger partial charge in [0.1, 0.15) is 11.5 Å². The summed E-state index contributed by atoms with van der Waals surface area (Å²) in [5.41, 5.74) is 2.10. The first-order chi connectivity index (χ1) is 16.2. The highest BCUT2D eigenvalue weighted by atomic mass is 16.5. The quantitative estimate of drug-likeness (QED) is 0.384. The molecule has 0 radical (unpaired) electrons. The third kappa shape index (κ3) is 7.37. The molecule has 3 rings (SSSR count). The topological polar surface area (TPSA) is 70.7 Å². The second-order valence-corrected chi connectivity index (χ2v) is 9.22. The van der Waals surface area contributed by atoms with Gasteiger partial charge in [0.05, 0.1) is 0 Å². The van der Waals surface area contributed by atoms with Crippen LogP contribution >= 0.6 is 0 Å². The fourth-order valence-corrected chi connectivity index (χ4v) is 3.28. The molecule has 34 heavy (non-hydrogen) atoms. The van der Waals surface area contributed by atoms with Crippen LogP contribution in [0.15, 0.2) is 78.9 Å². The van der Waals surface area contributed by atoms with Crippen LogP contribution in [0.2, 0.25) is 0 Å². The number of hydrogen-bond acceptors (Lipinski definition) is 3. The van der Waals surface area contributed by atoms with Crippen molar-refractivity contribution >= 4 is 23.3 Å². The summed E-state index contributed by atoms with van der Waals surface area (Å²) in [5.74, 6) is 1.43. The summed E-state index contributed by atoms with van der Waals surface area (Å²) in [6.45, 7) is 8.55. The number of aryl methyl sites for hydroxylation is 1. The normalized spacial score (nSPS) is 10.9. The van der Waals surface area contributed by atoms with Crippen molar-refractivity contribution in [2.24, 2.45) is 5.41 Å². The van der Waals surface area contributed by atoms with E-state index in [1.165, 1.54) is 0 Å². The van der Waals surface area contributed by atoms with Gasteiger partial charge < -0.3 is 15.4 Å². The Hall–Kier alpha value is -3.80. The molecular formula is C28H33N3O3. The van der Waals surface area contributed by atoms with Gasteiger partial charge in [-0.3, -0.25) is 9.69 Å². The first-order valence-electron chi connectivity index (χ1n) is 11.5. The fraction of sp³-hybridized carbons (Fsp3) is 0.286. The minimum absolute atomic E-state index is 0.00863. The number of urea groups is 1. The lowest BCUT2D eigenvalue weighted by Gasteiger charge is -2.24. The Morgan fingerprint density at radius 2 is 1.56 bits per heavy atom. The lowest BCUT2D eigenvalue weighted by atomic mass is 9.96. The Labute approximate surface area is 201 Å². The number of amides is 3. The third-order valence-corrected chi connectivity index (χ3v) is 5.17. The zero-order chi connectivity index (χ0) is 24.6. The summed E-state index contributed by atoms with van der Waals surface area (Å²) < 4.78 is 5.87. The van der Waals surface area contributed by atoms with Gasteiger partial charge in [0.2, 0.25) is 5.91 Å². The lowest BCUT2D eigenvalue weighted by Crippen LogP contribution is -2.39. The molecule has 0 saturated carbocycles. The molecule has 3 amide bonds. The van der Waals surface area contributed by atoms with E-state index in [4.69, 9.17) is 4.74 Å². The molecule has 0 aliphatic carbocycles. The zero-order valence-corrected chi connectivity index (χ0v) is 20.3. The van der Waals surface area contributed by atoms with Gasteiger partial charge >= 0.3 is 6.03 Å². The predicted molar refractivity (Wildman–Crippen MR) is 138 cm³/mol. The molecule has 3 aromatic carbocycles. The number of carbonyl (C=O) groups excluding carboxylic acids is 2. The molecular weight excluding hydrogens is 426 g/mol. The van der Waals surface area contributed by atoms with Crippen molar-refractivity contribution in [2.75, 3.05) is 23.3 Å². The van der Waals surface area contributed by atoms with E-state index in [2.05, 4.69) is 10.6 Å². The van der Waals surface area contributed by atoms with Crippen LogP contribution in [0.4, 0.5) is 16.2 Å². The summed E-state index contributed by atoms with van der Waals surface area (Å²) in [5, 5.41) is 5.92. The number of anilines is 2. The van der Waals surface area contributed by atoms with Crippen LogP contribution in [0, 0.1) is 12.3 Å². The average molecular weight is 460 g/mol. The van der Waals surface area contributed by atoms with Gasteiger partial charge in [0, 0.05) is 29.9 Å². The van der Waals surface area contributed by atoms with Crippen LogP contribution in [0.1, 0.15) is 32.8 Å². The molecule has 0 spiro atoms. The van der Waals surface area contributed by atoms with E-state index in [0.29, 0.717) is 25.3 Å². The first-order valence-corrected chi connectivity index (χ1v) is 11.5. The van der Waals surface area contributed by atoms with Crippen molar-refractivity contribution in [3.8, 4) is 11.5 Å². The van der Waals surface area contributed by atoms with Crippen molar-refractivity contribution in [2.45, 2.75) is 34.1 Å². The number of hydrogen-bond donors (Lipinski definition) is 2. The molecule has 0 aliphatic heterocycles. The number of ether oxygens (including phenoxy) is 1. The van der Waals surface area contributed by atoms with Crippen LogP contribution in [0.5, 0.6) is 11.5 Å². The summed E-state index contributed by atoms with van der Waals surface area (Å²) in [6.07, 6.45) is 0.616. The van der Waals surface area contributed by atoms with E-state index in [1.807, 2.05) is 107 Å². The molecule has 2 N–H and O–H groups in total. The van der Waals surface area contributed by atoms with E-state index in [9.17, 15) is 9.59 Å². The Morgan fingerprint density at radius 3 is 2.21 bits per heavy atom. The molecule has 0 fully saturated rings. The van der Waals surface area contributed by atoms with E-state index in [1.54, 1.807) is 4.90 Å². The molecule has 0 saturated heterocycles. The van der Waals surface area contributed by atoms with Gasteiger partial charge in [-0.1, -0.05) is 51.1 Å². The first kappa shape index (κ1) is 24.8. The highest BCUT2D eigenvalue weighted by Crippen LogP contribution is 2.25. The molecule has 6 heteroatoms. The zero-order valence-electron chi connectivity index (χ0n) is 20.3. The van der Waals surface area contributed by atoms with Crippen molar-refractivity contribution in [3.63, 3.8) is 0 Å². The van der Waals surface area contributed by atoms with E-state index in [0.717, 1.165) is 22.7 Å². The van der Waals surface area contributed by atoms with Gasteiger partial charge in [0.25, 0.3) is 0 Å². The number of nitrogens with one attached hydrogen (secondary N) is 2.